The number of carbonyl (C=O) groups excluding carboxylic acids is 1. The van der Waals surface area contributed by atoms with Crippen molar-refractivity contribution in [2.24, 2.45) is 0 Å². The summed E-state index contributed by atoms with van der Waals surface area (Å²) in [6.45, 7) is 4.05. The molecular formula is C19H16BrNO. The Hall–Kier alpha value is -2.13. The molecule has 3 aromatic carbocycles. The van der Waals surface area contributed by atoms with Gasteiger partial charge in [0.2, 0.25) is 0 Å². The van der Waals surface area contributed by atoms with Gasteiger partial charge in [-0.2, -0.15) is 0 Å². The number of nitrogens with one attached hydrogen (secondary N) is 1. The summed E-state index contributed by atoms with van der Waals surface area (Å²) in [4.78, 5) is 12.6. The summed E-state index contributed by atoms with van der Waals surface area (Å²) in [5.74, 6) is -0.0892. The third kappa shape index (κ3) is 2.90. The van der Waals surface area contributed by atoms with Crippen molar-refractivity contribution in [1.82, 2.24) is 0 Å². The van der Waals surface area contributed by atoms with E-state index in [0.717, 1.165) is 32.1 Å². The molecule has 0 spiro atoms. The van der Waals surface area contributed by atoms with Crippen molar-refractivity contribution in [3.8, 4) is 0 Å². The van der Waals surface area contributed by atoms with E-state index in [9.17, 15) is 4.79 Å². The van der Waals surface area contributed by atoms with Crippen LogP contribution in [-0.2, 0) is 0 Å². The van der Waals surface area contributed by atoms with Crippen LogP contribution in [0, 0.1) is 13.8 Å². The lowest BCUT2D eigenvalue weighted by Crippen LogP contribution is -2.12. The van der Waals surface area contributed by atoms with Crippen molar-refractivity contribution < 1.29 is 4.79 Å². The first-order chi connectivity index (χ1) is 10.5. The lowest BCUT2D eigenvalue weighted by molar-refractivity contribution is 0.102. The number of hydrogen-bond donors (Lipinski definition) is 1. The SMILES string of the molecule is Cc1cc(C)cc(NC(=O)c2cccc3c(Br)cccc23)c1. The average Bonchev–Trinajstić information content (AvgIpc) is 2.46. The summed E-state index contributed by atoms with van der Waals surface area (Å²) in [5, 5.41) is 4.98. The zero-order valence-corrected chi connectivity index (χ0v) is 14.1. The topological polar surface area (TPSA) is 29.1 Å². The van der Waals surface area contributed by atoms with Crippen molar-refractivity contribution in [1.29, 1.82) is 0 Å². The molecule has 0 saturated heterocycles. The highest BCUT2D eigenvalue weighted by Gasteiger charge is 2.11. The van der Waals surface area contributed by atoms with Crippen LogP contribution in [0.15, 0.2) is 59.1 Å². The van der Waals surface area contributed by atoms with E-state index in [1.165, 1.54) is 0 Å². The van der Waals surface area contributed by atoms with Crippen LogP contribution in [-0.4, -0.2) is 5.91 Å². The van der Waals surface area contributed by atoms with Crippen molar-refractivity contribution in [3.63, 3.8) is 0 Å². The van der Waals surface area contributed by atoms with Gasteiger partial charge in [-0.15, -0.1) is 0 Å². The molecule has 0 atom stereocenters. The second-order valence-corrected chi connectivity index (χ2v) is 6.33. The number of hydrogen-bond acceptors (Lipinski definition) is 1. The zero-order valence-electron chi connectivity index (χ0n) is 12.5. The number of benzene rings is 3. The smallest absolute Gasteiger partial charge is 0.256 e. The number of aryl methyl sites for hydroxylation is 2. The molecule has 0 radical (unpaired) electrons. The molecule has 3 rings (SSSR count). The van der Waals surface area contributed by atoms with Gasteiger partial charge in [0.15, 0.2) is 0 Å². The first kappa shape index (κ1) is 14.8. The van der Waals surface area contributed by atoms with Crippen LogP contribution in [0.5, 0.6) is 0 Å². The molecule has 0 heterocycles. The van der Waals surface area contributed by atoms with Crippen LogP contribution in [0.25, 0.3) is 10.8 Å². The molecule has 0 fully saturated rings. The Balaban J connectivity index is 2.01. The summed E-state index contributed by atoms with van der Waals surface area (Å²) >= 11 is 3.53. The highest BCUT2D eigenvalue weighted by molar-refractivity contribution is 9.10. The van der Waals surface area contributed by atoms with Gasteiger partial charge in [0.05, 0.1) is 0 Å². The van der Waals surface area contributed by atoms with E-state index in [1.54, 1.807) is 0 Å². The maximum Gasteiger partial charge on any atom is 0.256 e. The average molecular weight is 354 g/mol. The molecule has 3 aromatic rings. The van der Waals surface area contributed by atoms with E-state index >= 15 is 0 Å². The zero-order chi connectivity index (χ0) is 15.7. The van der Waals surface area contributed by atoms with Gasteiger partial charge >= 0.3 is 0 Å². The van der Waals surface area contributed by atoms with Crippen molar-refractivity contribution in [2.75, 3.05) is 5.32 Å². The number of fused-ring (bicyclic) bond motifs is 1. The third-order valence-electron chi connectivity index (χ3n) is 3.59. The number of anilines is 1. The van der Waals surface area contributed by atoms with Gasteiger partial charge in [-0.25, -0.2) is 0 Å². The minimum atomic E-state index is -0.0892. The number of carbonyl (C=O) groups is 1. The minimum Gasteiger partial charge on any atom is -0.322 e. The molecule has 2 nitrogen and oxygen atoms in total. The molecule has 22 heavy (non-hydrogen) atoms. The van der Waals surface area contributed by atoms with Crippen molar-refractivity contribution in [3.05, 3.63) is 75.8 Å². The Morgan fingerprint density at radius 1 is 0.909 bits per heavy atom. The molecule has 1 N–H and O–H groups in total. The monoisotopic (exact) mass is 353 g/mol. The minimum absolute atomic E-state index is 0.0892. The highest BCUT2D eigenvalue weighted by Crippen LogP contribution is 2.27. The maximum atomic E-state index is 12.6. The van der Waals surface area contributed by atoms with E-state index < -0.39 is 0 Å². The summed E-state index contributed by atoms with van der Waals surface area (Å²) in [6, 6.07) is 17.7. The van der Waals surface area contributed by atoms with Gasteiger partial charge in [-0.1, -0.05) is 46.3 Å². The van der Waals surface area contributed by atoms with Crippen LogP contribution in [0.4, 0.5) is 5.69 Å². The third-order valence-corrected chi connectivity index (χ3v) is 4.28. The Bertz CT molecular complexity index is 850. The number of rotatable bonds is 2. The molecule has 0 aromatic heterocycles. The fraction of sp³-hybridized carbons (Fsp3) is 0.105. The summed E-state index contributed by atoms with van der Waals surface area (Å²) in [7, 11) is 0. The van der Waals surface area contributed by atoms with Crippen LogP contribution in [0.1, 0.15) is 21.5 Å². The normalized spacial score (nSPS) is 10.7. The van der Waals surface area contributed by atoms with Gasteiger partial charge in [0.25, 0.3) is 5.91 Å². The molecule has 0 aliphatic rings. The van der Waals surface area contributed by atoms with Gasteiger partial charge < -0.3 is 5.32 Å². The van der Waals surface area contributed by atoms with Crippen LogP contribution in [0.2, 0.25) is 0 Å². The molecule has 110 valence electrons. The summed E-state index contributed by atoms with van der Waals surface area (Å²) in [5.41, 5.74) is 3.78. The molecule has 0 aliphatic heterocycles. The first-order valence-electron chi connectivity index (χ1n) is 7.11. The maximum absolute atomic E-state index is 12.6. The van der Waals surface area contributed by atoms with Crippen LogP contribution in [0.3, 0.4) is 0 Å². The largest absolute Gasteiger partial charge is 0.322 e. The number of amides is 1. The fourth-order valence-electron chi connectivity index (χ4n) is 2.71. The van der Waals surface area contributed by atoms with Gasteiger partial charge in [-0.3, -0.25) is 4.79 Å². The van der Waals surface area contributed by atoms with Crippen molar-refractivity contribution >= 4 is 38.3 Å². The van der Waals surface area contributed by atoms with E-state index in [0.29, 0.717) is 5.56 Å². The van der Waals surface area contributed by atoms with E-state index in [-0.39, 0.29) is 5.91 Å². The molecule has 0 bridgehead atoms. The van der Waals surface area contributed by atoms with Crippen LogP contribution < -0.4 is 5.32 Å². The van der Waals surface area contributed by atoms with Gasteiger partial charge in [-0.05, 0) is 60.0 Å². The highest BCUT2D eigenvalue weighted by atomic mass is 79.9. The quantitative estimate of drug-likeness (QED) is 0.649. The predicted octanol–water partition coefficient (Wildman–Crippen LogP) is 5.47. The Kier molecular flexibility index (Phi) is 3.99. The molecule has 1 amide bonds. The van der Waals surface area contributed by atoms with Crippen molar-refractivity contribution in [2.45, 2.75) is 13.8 Å². The van der Waals surface area contributed by atoms with E-state index in [2.05, 4.69) is 27.3 Å². The molecule has 0 unspecified atom stereocenters. The predicted molar refractivity (Wildman–Crippen MR) is 95.5 cm³/mol. The van der Waals surface area contributed by atoms with E-state index in [4.69, 9.17) is 0 Å². The van der Waals surface area contributed by atoms with Crippen LogP contribution >= 0.6 is 15.9 Å². The number of halogens is 1. The summed E-state index contributed by atoms with van der Waals surface area (Å²) in [6.07, 6.45) is 0. The first-order valence-corrected chi connectivity index (χ1v) is 7.91. The lowest BCUT2D eigenvalue weighted by atomic mass is 10.0. The van der Waals surface area contributed by atoms with Gasteiger partial charge in [0.1, 0.15) is 0 Å². The summed E-state index contributed by atoms with van der Waals surface area (Å²) < 4.78 is 0.992. The Labute approximate surface area is 138 Å². The second kappa shape index (κ2) is 5.93. The Morgan fingerprint density at radius 2 is 1.55 bits per heavy atom. The lowest BCUT2D eigenvalue weighted by Gasteiger charge is -2.10. The molecular weight excluding hydrogens is 338 g/mol. The Morgan fingerprint density at radius 3 is 2.27 bits per heavy atom. The van der Waals surface area contributed by atoms with E-state index in [1.807, 2.05) is 62.4 Å². The molecule has 3 heteroatoms. The standard InChI is InChI=1S/C19H16BrNO/c1-12-9-13(2)11-14(10-12)21-19(22)17-7-3-6-16-15(17)5-4-8-18(16)20/h3-11H,1-2H3,(H,21,22). The van der Waals surface area contributed by atoms with Gasteiger partial charge in [0, 0.05) is 15.7 Å². The molecule has 0 aliphatic carbocycles. The second-order valence-electron chi connectivity index (χ2n) is 5.47. The molecule has 0 saturated carbocycles. The fourth-order valence-corrected chi connectivity index (χ4v) is 3.21.